The van der Waals surface area contributed by atoms with Crippen LogP contribution in [-0.2, 0) is 22.7 Å². The number of urea groups is 1. The van der Waals surface area contributed by atoms with Gasteiger partial charge in [0.25, 0.3) is 11.6 Å². The van der Waals surface area contributed by atoms with Gasteiger partial charge in [0.05, 0.1) is 18.1 Å². The molecular weight excluding hydrogens is 318 g/mol. The molecule has 0 spiro atoms. The summed E-state index contributed by atoms with van der Waals surface area (Å²) in [6.07, 6.45) is 1.49. The highest BCUT2D eigenvalue weighted by molar-refractivity contribution is 6.04. The summed E-state index contributed by atoms with van der Waals surface area (Å²) in [6.45, 7) is 0.771. The lowest BCUT2D eigenvalue weighted by molar-refractivity contribution is -0.385. The Kier molecular flexibility index (Phi) is 3.38. The molecule has 3 aliphatic rings. The van der Waals surface area contributed by atoms with E-state index in [1.807, 2.05) is 0 Å². The Bertz CT molecular complexity index is 727. The van der Waals surface area contributed by atoms with Crippen molar-refractivity contribution in [2.75, 3.05) is 13.3 Å². The lowest BCUT2D eigenvalue weighted by atomic mass is 10.1. The molecule has 1 aromatic rings. The highest BCUT2D eigenvalue weighted by Crippen LogP contribution is 2.35. The first-order chi connectivity index (χ1) is 11.6. The van der Waals surface area contributed by atoms with Gasteiger partial charge in [0, 0.05) is 29.8 Å². The summed E-state index contributed by atoms with van der Waals surface area (Å²) < 4.78 is 10.6. The third-order valence-corrected chi connectivity index (χ3v) is 4.59. The van der Waals surface area contributed by atoms with E-state index in [1.165, 1.54) is 12.1 Å². The van der Waals surface area contributed by atoms with Crippen LogP contribution in [0.25, 0.3) is 0 Å². The quantitative estimate of drug-likeness (QED) is 0.470. The number of imide groups is 1. The van der Waals surface area contributed by atoms with Gasteiger partial charge in [-0.15, -0.1) is 0 Å². The number of carbonyl (C=O) groups is 2. The summed E-state index contributed by atoms with van der Waals surface area (Å²) in [5, 5.41) is 11.1. The summed E-state index contributed by atoms with van der Waals surface area (Å²) in [6, 6.07) is 2.02. The number of nitrogens with zero attached hydrogens (tertiary/aromatic N) is 3. The van der Waals surface area contributed by atoms with Crippen LogP contribution >= 0.6 is 0 Å². The molecule has 2 saturated heterocycles. The van der Waals surface area contributed by atoms with E-state index in [9.17, 15) is 19.7 Å². The number of fused-ring (bicyclic) bond motifs is 2. The molecule has 0 saturated carbocycles. The molecule has 9 nitrogen and oxygen atoms in total. The van der Waals surface area contributed by atoms with Crippen LogP contribution in [0, 0.1) is 10.1 Å². The predicted octanol–water partition coefficient (Wildman–Crippen LogP) is 1.39. The summed E-state index contributed by atoms with van der Waals surface area (Å²) in [5.41, 5.74) is 0.882. The number of hydrogen-bond acceptors (Lipinski definition) is 6. The molecule has 1 unspecified atom stereocenters. The van der Waals surface area contributed by atoms with Gasteiger partial charge in [-0.05, 0) is 12.8 Å². The zero-order valence-corrected chi connectivity index (χ0v) is 12.8. The molecule has 0 bridgehead atoms. The van der Waals surface area contributed by atoms with Gasteiger partial charge in [0.15, 0.2) is 6.79 Å². The number of benzene rings is 1. The SMILES string of the molecule is O=C1C2CCCN2C(=O)N1Cc1cc([N+](=O)[O-])cc2c1OCOC2. The molecule has 24 heavy (non-hydrogen) atoms. The molecule has 9 heteroatoms. The maximum Gasteiger partial charge on any atom is 0.327 e. The smallest absolute Gasteiger partial charge is 0.327 e. The second kappa shape index (κ2) is 5.45. The van der Waals surface area contributed by atoms with Crippen LogP contribution in [-0.4, -0.2) is 46.0 Å². The molecule has 0 N–H and O–H groups in total. The third-order valence-electron chi connectivity index (χ3n) is 4.59. The number of non-ortho nitro benzene ring substituents is 1. The molecular formula is C15H15N3O6. The van der Waals surface area contributed by atoms with E-state index in [1.54, 1.807) is 4.90 Å². The molecule has 0 aromatic heterocycles. The topological polar surface area (TPSA) is 102 Å². The molecule has 1 atom stereocenters. The number of carbonyl (C=O) groups excluding carboxylic acids is 2. The Morgan fingerprint density at radius 2 is 2.17 bits per heavy atom. The minimum atomic E-state index is -0.510. The number of nitro benzene ring substituents is 1. The molecule has 2 fully saturated rings. The van der Waals surface area contributed by atoms with E-state index in [0.29, 0.717) is 29.8 Å². The largest absolute Gasteiger partial charge is 0.467 e. The van der Waals surface area contributed by atoms with E-state index in [-0.39, 0.29) is 37.6 Å². The van der Waals surface area contributed by atoms with Crippen LogP contribution < -0.4 is 4.74 Å². The maximum absolute atomic E-state index is 12.5. The van der Waals surface area contributed by atoms with E-state index in [0.717, 1.165) is 11.3 Å². The molecule has 0 radical (unpaired) electrons. The van der Waals surface area contributed by atoms with Crippen molar-refractivity contribution in [1.82, 2.24) is 9.80 Å². The molecule has 3 heterocycles. The molecule has 1 aromatic carbocycles. The van der Waals surface area contributed by atoms with Crippen molar-refractivity contribution in [3.63, 3.8) is 0 Å². The summed E-state index contributed by atoms with van der Waals surface area (Å²) >= 11 is 0. The average Bonchev–Trinajstić information content (AvgIpc) is 3.14. The Morgan fingerprint density at radius 3 is 2.92 bits per heavy atom. The van der Waals surface area contributed by atoms with Crippen LogP contribution in [0.4, 0.5) is 10.5 Å². The fourth-order valence-corrected chi connectivity index (χ4v) is 3.50. The first-order valence-corrected chi connectivity index (χ1v) is 7.69. The fraction of sp³-hybridized carbons (Fsp3) is 0.467. The number of nitro groups is 1. The number of rotatable bonds is 3. The highest BCUT2D eigenvalue weighted by Gasteiger charge is 2.47. The van der Waals surface area contributed by atoms with Crippen molar-refractivity contribution in [1.29, 1.82) is 0 Å². The highest BCUT2D eigenvalue weighted by atomic mass is 16.7. The van der Waals surface area contributed by atoms with Crippen molar-refractivity contribution in [2.45, 2.75) is 32.0 Å². The van der Waals surface area contributed by atoms with E-state index in [4.69, 9.17) is 9.47 Å². The van der Waals surface area contributed by atoms with Gasteiger partial charge in [-0.1, -0.05) is 0 Å². The van der Waals surface area contributed by atoms with E-state index < -0.39 is 11.0 Å². The average molecular weight is 333 g/mol. The number of amides is 3. The Labute approximate surface area is 136 Å². The monoisotopic (exact) mass is 333 g/mol. The van der Waals surface area contributed by atoms with Gasteiger partial charge in [-0.2, -0.15) is 0 Å². The Balaban J connectivity index is 1.69. The standard InChI is InChI=1S/C15H15N3O6/c19-14-12-2-1-3-16(12)15(20)17(14)6-9-4-11(18(21)22)5-10-7-23-8-24-13(9)10/h4-5,12H,1-3,6-8H2. The van der Waals surface area contributed by atoms with Gasteiger partial charge in [-0.3, -0.25) is 19.8 Å². The predicted molar refractivity (Wildman–Crippen MR) is 79.1 cm³/mol. The minimum Gasteiger partial charge on any atom is -0.467 e. The summed E-state index contributed by atoms with van der Waals surface area (Å²) in [5.74, 6) is 0.212. The van der Waals surface area contributed by atoms with Crippen molar-refractivity contribution >= 4 is 17.6 Å². The van der Waals surface area contributed by atoms with Crippen molar-refractivity contribution in [3.05, 3.63) is 33.4 Å². The van der Waals surface area contributed by atoms with Gasteiger partial charge < -0.3 is 14.4 Å². The summed E-state index contributed by atoms with van der Waals surface area (Å²) in [4.78, 5) is 38.2. The van der Waals surface area contributed by atoms with Crippen LogP contribution in [0.15, 0.2) is 12.1 Å². The first kappa shape index (κ1) is 14.9. The second-order valence-electron chi connectivity index (χ2n) is 6.02. The Morgan fingerprint density at radius 1 is 1.33 bits per heavy atom. The molecule has 3 amide bonds. The normalized spacial score (nSPS) is 22.4. The van der Waals surface area contributed by atoms with E-state index in [2.05, 4.69) is 0 Å². The van der Waals surface area contributed by atoms with E-state index >= 15 is 0 Å². The number of hydrogen-bond donors (Lipinski definition) is 0. The zero-order chi connectivity index (χ0) is 16.8. The van der Waals surface area contributed by atoms with Crippen LogP contribution in [0.3, 0.4) is 0 Å². The minimum absolute atomic E-state index is 0.0331. The Hall–Kier alpha value is -2.68. The first-order valence-electron chi connectivity index (χ1n) is 7.69. The number of ether oxygens (including phenoxy) is 2. The lowest BCUT2D eigenvalue weighted by Crippen LogP contribution is -2.33. The third kappa shape index (κ3) is 2.20. The van der Waals surface area contributed by atoms with Crippen LogP contribution in [0.5, 0.6) is 5.75 Å². The van der Waals surface area contributed by atoms with Crippen molar-refractivity contribution in [3.8, 4) is 5.75 Å². The van der Waals surface area contributed by atoms with Crippen molar-refractivity contribution in [2.24, 2.45) is 0 Å². The lowest BCUT2D eigenvalue weighted by Gasteiger charge is -2.22. The second-order valence-corrected chi connectivity index (χ2v) is 6.02. The van der Waals surface area contributed by atoms with Gasteiger partial charge in [0.2, 0.25) is 0 Å². The molecule has 126 valence electrons. The van der Waals surface area contributed by atoms with Gasteiger partial charge >= 0.3 is 6.03 Å². The molecule has 0 aliphatic carbocycles. The van der Waals surface area contributed by atoms with Gasteiger partial charge in [-0.25, -0.2) is 4.79 Å². The van der Waals surface area contributed by atoms with Crippen LogP contribution in [0.2, 0.25) is 0 Å². The fourth-order valence-electron chi connectivity index (χ4n) is 3.50. The molecule has 4 rings (SSSR count). The maximum atomic E-state index is 12.5. The van der Waals surface area contributed by atoms with Crippen molar-refractivity contribution < 1.29 is 24.0 Å². The summed E-state index contributed by atoms with van der Waals surface area (Å²) in [7, 11) is 0. The zero-order valence-electron chi connectivity index (χ0n) is 12.8. The molecule has 3 aliphatic heterocycles. The van der Waals surface area contributed by atoms with Gasteiger partial charge in [0.1, 0.15) is 11.8 Å². The van der Waals surface area contributed by atoms with Crippen LogP contribution in [0.1, 0.15) is 24.0 Å².